The number of carbonyl (C=O) groups excluding carboxylic acids is 3. The van der Waals surface area contributed by atoms with Crippen molar-refractivity contribution in [2.24, 2.45) is 0 Å². The second kappa shape index (κ2) is 8.49. The van der Waals surface area contributed by atoms with Gasteiger partial charge >= 0.3 is 5.97 Å². The third kappa shape index (κ3) is 4.94. The van der Waals surface area contributed by atoms with Crippen molar-refractivity contribution >= 4 is 17.5 Å². The second-order valence-electron chi connectivity index (χ2n) is 6.41. The fourth-order valence-electron chi connectivity index (χ4n) is 2.56. The molecule has 0 spiro atoms. The Morgan fingerprint density at radius 3 is 2.30 bits per heavy atom. The lowest BCUT2D eigenvalue weighted by atomic mass is 9.98. The number of phenols is 1. The zero-order chi connectivity index (χ0) is 20.1. The molecule has 0 bridgehead atoms. The van der Waals surface area contributed by atoms with E-state index in [1.165, 1.54) is 25.3 Å². The number of phenolic OH excluding ortho intramolecular Hbond substituents is 1. The fourth-order valence-corrected chi connectivity index (χ4v) is 2.56. The molecular formula is C21H22O6. The molecule has 0 heterocycles. The van der Waals surface area contributed by atoms with Crippen LogP contribution in [-0.2, 0) is 4.74 Å². The van der Waals surface area contributed by atoms with Gasteiger partial charge in [0.25, 0.3) is 0 Å². The van der Waals surface area contributed by atoms with E-state index in [0.717, 1.165) is 5.56 Å². The van der Waals surface area contributed by atoms with Crippen molar-refractivity contribution in [3.05, 3.63) is 58.7 Å². The number of Topliss-reactive ketones (excluding diaryl/α,β-unsaturated/α-hetero) is 2. The predicted molar refractivity (Wildman–Crippen MR) is 99.7 cm³/mol. The third-order valence-electron chi connectivity index (χ3n) is 3.84. The fraction of sp³-hybridized carbons (Fsp3) is 0.286. The van der Waals surface area contributed by atoms with Crippen molar-refractivity contribution in [1.29, 1.82) is 0 Å². The van der Waals surface area contributed by atoms with Gasteiger partial charge in [-0.05, 0) is 51.1 Å². The maximum absolute atomic E-state index is 12.7. The molecule has 2 aromatic carbocycles. The number of benzene rings is 2. The first-order valence-corrected chi connectivity index (χ1v) is 8.48. The molecule has 0 fully saturated rings. The van der Waals surface area contributed by atoms with Gasteiger partial charge in [-0.3, -0.25) is 9.59 Å². The van der Waals surface area contributed by atoms with Crippen LogP contribution in [0.4, 0.5) is 0 Å². The second-order valence-corrected chi connectivity index (χ2v) is 6.41. The molecule has 1 N–H and O–H groups in total. The normalized spacial score (nSPS) is 10.6. The molecule has 27 heavy (non-hydrogen) atoms. The SMILES string of the molecule is COC(=O)c1ccc(O)c(C(=O)CC(=O)c2cc(C)ccc2OC(C)C)c1. The van der Waals surface area contributed by atoms with E-state index in [-0.39, 0.29) is 23.0 Å². The lowest BCUT2D eigenvalue weighted by Gasteiger charge is -2.14. The minimum Gasteiger partial charge on any atom is -0.507 e. The van der Waals surface area contributed by atoms with Gasteiger partial charge in [-0.25, -0.2) is 4.79 Å². The van der Waals surface area contributed by atoms with Crippen LogP contribution in [0.15, 0.2) is 36.4 Å². The molecule has 0 aliphatic carbocycles. The summed E-state index contributed by atoms with van der Waals surface area (Å²) in [6.45, 7) is 5.52. The highest BCUT2D eigenvalue weighted by Gasteiger charge is 2.21. The van der Waals surface area contributed by atoms with E-state index in [0.29, 0.717) is 11.3 Å². The van der Waals surface area contributed by atoms with E-state index in [1.54, 1.807) is 12.1 Å². The van der Waals surface area contributed by atoms with E-state index in [2.05, 4.69) is 4.74 Å². The Bertz CT molecular complexity index is 882. The molecule has 0 aliphatic heterocycles. The molecule has 142 valence electrons. The van der Waals surface area contributed by atoms with Crippen LogP contribution in [0.3, 0.4) is 0 Å². The molecule has 0 aliphatic rings. The van der Waals surface area contributed by atoms with Crippen LogP contribution in [0.1, 0.15) is 56.9 Å². The Morgan fingerprint density at radius 1 is 1.00 bits per heavy atom. The number of rotatable bonds is 7. The number of ketones is 2. The number of aromatic hydroxyl groups is 1. The number of esters is 1. The summed E-state index contributed by atoms with van der Waals surface area (Å²) in [6, 6.07) is 8.97. The quantitative estimate of drug-likeness (QED) is 0.454. The van der Waals surface area contributed by atoms with Gasteiger partial charge in [0.15, 0.2) is 11.6 Å². The molecule has 0 amide bonds. The molecule has 2 aromatic rings. The van der Waals surface area contributed by atoms with E-state index in [4.69, 9.17) is 4.74 Å². The molecule has 0 saturated carbocycles. The third-order valence-corrected chi connectivity index (χ3v) is 3.84. The van der Waals surface area contributed by atoms with Gasteiger partial charge in [0.2, 0.25) is 0 Å². The molecule has 2 rings (SSSR count). The van der Waals surface area contributed by atoms with Crippen molar-refractivity contribution in [2.75, 3.05) is 7.11 Å². The van der Waals surface area contributed by atoms with Gasteiger partial charge in [0, 0.05) is 0 Å². The van der Waals surface area contributed by atoms with E-state index in [9.17, 15) is 19.5 Å². The Labute approximate surface area is 157 Å². The molecular weight excluding hydrogens is 348 g/mol. The van der Waals surface area contributed by atoms with E-state index in [1.807, 2.05) is 26.8 Å². The van der Waals surface area contributed by atoms with Crippen LogP contribution in [0.25, 0.3) is 0 Å². The first-order chi connectivity index (χ1) is 12.7. The number of methoxy groups -OCH3 is 1. The van der Waals surface area contributed by atoms with Gasteiger partial charge in [-0.15, -0.1) is 0 Å². The largest absolute Gasteiger partial charge is 0.507 e. The maximum Gasteiger partial charge on any atom is 0.337 e. The van der Waals surface area contributed by atoms with Gasteiger partial charge in [-0.1, -0.05) is 11.6 Å². The standard InChI is InChI=1S/C21H22O6/c1-12(2)27-20-8-5-13(3)9-16(20)19(24)11-18(23)15-10-14(21(25)26-4)6-7-17(15)22/h5-10,12,22H,11H2,1-4H3. The summed E-state index contributed by atoms with van der Waals surface area (Å²) in [5.74, 6) is -1.56. The van der Waals surface area contributed by atoms with Crippen molar-refractivity contribution < 1.29 is 29.0 Å². The monoisotopic (exact) mass is 370 g/mol. The average Bonchev–Trinajstić information content (AvgIpc) is 2.62. The van der Waals surface area contributed by atoms with Gasteiger partial charge in [-0.2, -0.15) is 0 Å². The Kier molecular flexibility index (Phi) is 6.34. The van der Waals surface area contributed by atoms with E-state index < -0.39 is 24.0 Å². The highest BCUT2D eigenvalue weighted by atomic mass is 16.5. The minimum atomic E-state index is -0.637. The number of carbonyl (C=O) groups is 3. The first kappa shape index (κ1) is 20.2. The van der Waals surface area contributed by atoms with Crippen molar-refractivity contribution in [2.45, 2.75) is 33.3 Å². The zero-order valence-electron chi connectivity index (χ0n) is 15.7. The first-order valence-electron chi connectivity index (χ1n) is 8.48. The highest BCUT2D eigenvalue weighted by molar-refractivity contribution is 6.15. The summed E-state index contributed by atoms with van der Waals surface area (Å²) >= 11 is 0. The molecule has 0 atom stereocenters. The molecule has 0 unspecified atom stereocenters. The van der Waals surface area contributed by atoms with E-state index >= 15 is 0 Å². The lowest BCUT2D eigenvalue weighted by molar-refractivity contribution is 0.0600. The Balaban J connectivity index is 2.30. The van der Waals surface area contributed by atoms with Crippen LogP contribution in [0, 0.1) is 6.92 Å². The smallest absolute Gasteiger partial charge is 0.337 e. The average molecular weight is 370 g/mol. The molecule has 0 saturated heterocycles. The summed E-state index contributed by atoms with van der Waals surface area (Å²) in [5, 5.41) is 9.95. The van der Waals surface area contributed by atoms with Gasteiger partial charge < -0.3 is 14.6 Å². The zero-order valence-corrected chi connectivity index (χ0v) is 15.7. The summed E-state index contributed by atoms with van der Waals surface area (Å²) in [6.07, 6.45) is -0.591. The number of aryl methyl sites for hydroxylation is 1. The summed E-state index contributed by atoms with van der Waals surface area (Å²) in [4.78, 5) is 36.9. The minimum absolute atomic E-state index is 0.106. The maximum atomic E-state index is 12.7. The molecule has 0 aromatic heterocycles. The van der Waals surface area contributed by atoms with Gasteiger partial charge in [0.1, 0.15) is 11.5 Å². The lowest BCUT2D eigenvalue weighted by Crippen LogP contribution is -2.14. The molecule has 6 nitrogen and oxygen atoms in total. The Morgan fingerprint density at radius 2 is 1.67 bits per heavy atom. The van der Waals surface area contributed by atoms with Crippen molar-refractivity contribution in [3.63, 3.8) is 0 Å². The van der Waals surface area contributed by atoms with Crippen molar-refractivity contribution in [3.8, 4) is 11.5 Å². The molecule has 6 heteroatoms. The molecule has 0 radical (unpaired) electrons. The highest BCUT2D eigenvalue weighted by Crippen LogP contribution is 2.25. The van der Waals surface area contributed by atoms with Crippen LogP contribution in [0.5, 0.6) is 11.5 Å². The van der Waals surface area contributed by atoms with Crippen LogP contribution < -0.4 is 4.74 Å². The Hall–Kier alpha value is -3.15. The number of ether oxygens (including phenoxy) is 2. The van der Waals surface area contributed by atoms with Gasteiger partial charge in [0.05, 0.1) is 36.3 Å². The number of hydrogen-bond donors (Lipinski definition) is 1. The summed E-state index contributed by atoms with van der Waals surface area (Å²) < 4.78 is 10.3. The van der Waals surface area contributed by atoms with Crippen LogP contribution >= 0.6 is 0 Å². The van der Waals surface area contributed by atoms with Crippen LogP contribution in [0.2, 0.25) is 0 Å². The summed E-state index contributed by atoms with van der Waals surface area (Å²) in [5.41, 5.74) is 1.17. The summed E-state index contributed by atoms with van der Waals surface area (Å²) in [7, 11) is 1.22. The van der Waals surface area contributed by atoms with Crippen LogP contribution in [-0.4, -0.2) is 35.9 Å². The number of hydrogen-bond acceptors (Lipinski definition) is 6. The predicted octanol–water partition coefficient (Wildman–Crippen LogP) is 3.73. The topological polar surface area (TPSA) is 89.9 Å². The van der Waals surface area contributed by atoms with Crippen molar-refractivity contribution in [1.82, 2.24) is 0 Å².